The van der Waals surface area contributed by atoms with E-state index < -0.39 is 0 Å². The molecule has 0 radical (unpaired) electrons. The van der Waals surface area contributed by atoms with Crippen molar-refractivity contribution in [3.05, 3.63) is 60.4 Å². The molecule has 0 unspecified atom stereocenters. The third kappa shape index (κ3) is 1.61. The molecule has 1 heterocycles. The molecule has 0 saturated carbocycles. The molecule has 0 atom stereocenters. The van der Waals surface area contributed by atoms with E-state index in [2.05, 4.69) is 29.4 Å². The molecule has 0 bridgehead atoms. The molecule has 3 aromatic rings. The number of hydrogen-bond acceptors (Lipinski definition) is 2. The molecular weight excluding hydrogens is 210 g/mol. The van der Waals surface area contributed by atoms with Crippen LogP contribution in [0.1, 0.15) is 5.56 Å². The molecular formula is C14H13N3. The van der Waals surface area contributed by atoms with Crippen LogP contribution in [-0.2, 0) is 6.54 Å². The number of rotatable bonds is 2. The lowest BCUT2D eigenvalue weighted by molar-refractivity contribution is 0.886. The summed E-state index contributed by atoms with van der Waals surface area (Å²) in [6.45, 7) is 0.555. The zero-order valence-electron chi connectivity index (χ0n) is 9.38. The second-order valence-corrected chi connectivity index (χ2v) is 3.94. The van der Waals surface area contributed by atoms with Crippen molar-refractivity contribution < 1.29 is 0 Å². The Bertz CT molecular complexity index is 642. The smallest absolute Gasteiger partial charge is 0.0724 e. The van der Waals surface area contributed by atoms with Crippen LogP contribution in [0.3, 0.4) is 0 Å². The Morgan fingerprint density at radius 2 is 1.82 bits per heavy atom. The van der Waals surface area contributed by atoms with Crippen LogP contribution in [0.25, 0.3) is 16.5 Å². The first-order valence-electron chi connectivity index (χ1n) is 5.61. The van der Waals surface area contributed by atoms with Crippen molar-refractivity contribution in [3.63, 3.8) is 0 Å². The minimum absolute atomic E-state index is 0.555. The molecule has 3 rings (SSSR count). The summed E-state index contributed by atoms with van der Waals surface area (Å²) in [6.07, 6.45) is 3.73. The largest absolute Gasteiger partial charge is 0.326 e. The average molecular weight is 223 g/mol. The van der Waals surface area contributed by atoms with Crippen LogP contribution in [0.5, 0.6) is 0 Å². The molecule has 3 heteroatoms. The lowest BCUT2D eigenvalue weighted by atomic mass is 10.0. The van der Waals surface area contributed by atoms with E-state index in [-0.39, 0.29) is 0 Å². The maximum absolute atomic E-state index is 5.76. The van der Waals surface area contributed by atoms with E-state index in [1.807, 2.05) is 29.1 Å². The van der Waals surface area contributed by atoms with Crippen LogP contribution in [0.15, 0.2) is 54.9 Å². The summed E-state index contributed by atoms with van der Waals surface area (Å²) >= 11 is 0. The lowest BCUT2D eigenvalue weighted by Gasteiger charge is -2.10. The van der Waals surface area contributed by atoms with Gasteiger partial charge in [0.1, 0.15) is 0 Å². The van der Waals surface area contributed by atoms with Crippen molar-refractivity contribution in [1.29, 1.82) is 0 Å². The molecule has 0 aliphatic carbocycles. The topological polar surface area (TPSA) is 43.8 Å². The van der Waals surface area contributed by atoms with Crippen LogP contribution in [0.2, 0.25) is 0 Å². The van der Waals surface area contributed by atoms with Crippen LogP contribution >= 0.6 is 0 Å². The number of nitrogens with zero attached hydrogens (tertiary/aromatic N) is 2. The van der Waals surface area contributed by atoms with Gasteiger partial charge >= 0.3 is 0 Å². The molecule has 17 heavy (non-hydrogen) atoms. The van der Waals surface area contributed by atoms with Crippen molar-refractivity contribution in [1.82, 2.24) is 9.78 Å². The van der Waals surface area contributed by atoms with Gasteiger partial charge in [0.25, 0.3) is 0 Å². The van der Waals surface area contributed by atoms with Gasteiger partial charge in [-0.3, -0.25) is 0 Å². The molecule has 2 N–H and O–H groups in total. The van der Waals surface area contributed by atoms with Gasteiger partial charge in [-0.1, -0.05) is 30.3 Å². The van der Waals surface area contributed by atoms with Crippen LogP contribution < -0.4 is 5.73 Å². The molecule has 1 aromatic heterocycles. The monoisotopic (exact) mass is 223 g/mol. The second kappa shape index (κ2) is 4.03. The maximum Gasteiger partial charge on any atom is 0.0724 e. The van der Waals surface area contributed by atoms with E-state index in [1.54, 1.807) is 6.20 Å². The quantitative estimate of drug-likeness (QED) is 0.725. The SMILES string of the molecule is NCc1ccc(-n2cccn2)c2ccccc12. The molecule has 0 aliphatic heterocycles. The standard InChI is InChI=1S/C14H13N3/c15-10-11-6-7-14(17-9-3-8-16-17)13-5-2-1-4-12(11)13/h1-9H,10,15H2. The summed E-state index contributed by atoms with van der Waals surface area (Å²) < 4.78 is 1.88. The van der Waals surface area contributed by atoms with Gasteiger partial charge in [0, 0.05) is 24.3 Å². The molecule has 0 aliphatic rings. The minimum Gasteiger partial charge on any atom is -0.326 e. The van der Waals surface area contributed by atoms with Gasteiger partial charge in [-0.15, -0.1) is 0 Å². The number of benzene rings is 2. The third-order valence-electron chi connectivity index (χ3n) is 2.96. The van der Waals surface area contributed by atoms with Gasteiger partial charge in [0.15, 0.2) is 0 Å². The van der Waals surface area contributed by atoms with E-state index in [4.69, 9.17) is 5.73 Å². The Labute approximate surface area is 99.5 Å². The molecule has 2 aromatic carbocycles. The fraction of sp³-hybridized carbons (Fsp3) is 0.0714. The van der Waals surface area contributed by atoms with Gasteiger partial charge in [0.2, 0.25) is 0 Å². The van der Waals surface area contributed by atoms with Gasteiger partial charge in [-0.25, -0.2) is 4.68 Å². The van der Waals surface area contributed by atoms with Gasteiger partial charge in [-0.2, -0.15) is 5.10 Å². The molecule has 0 amide bonds. The van der Waals surface area contributed by atoms with Crippen molar-refractivity contribution >= 4 is 10.8 Å². The highest BCUT2D eigenvalue weighted by Crippen LogP contribution is 2.24. The zero-order valence-corrected chi connectivity index (χ0v) is 9.38. The van der Waals surface area contributed by atoms with Crippen LogP contribution in [0.4, 0.5) is 0 Å². The highest BCUT2D eigenvalue weighted by atomic mass is 15.3. The number of hydrogen-bond donors (Lipinski definition) is 1. The average Bonchev–Trinajstić information content (AvgIpc) is 2.91. The molecule has 0 spiro atoms. The third-order valence-corrected chi connectivity index (χ3v) is 2.96. The predicted octanol–water partition coefficient (Wildman–Crippen LogP) is 2.48. The number of fused-ring (bicyclic) bond motifs is 1. The van der Waals surface area contributed by atoms with Gasteiger partial charge in [-0.05, 0) is 23.1 Å². The first-order valence-corrected chi connectivity index (χ1v) is 5.61. The first kappa shape index (κ1) is 10.1. The summed E-state index contributed by atoms with van der Waals surface area (Å²) in [6, 6.07) is 14.3. The van der Waals surface area contributed by atoms with Gasteiger partial charge < -0.3 is 5.73 Å². The van der Waals surface area contributed by atoms with Crippen molar-refractivity contribution in [3.8, 4) is 5.69 Å². The molecule has 0 fully saturated rings. The van der Waals surface area contributed by atoms with E-state index >= 15 is 0 Å². The Morgan fingerprint density at radius 1 is 1.00 bits per heavy atom. The summed E-state index contributed by atoms with van der Waals surface area (Å²) in [5.41, 5.74) is 8.01. The summed E-state index contributed by atoms with van der Waals surface area (Å²) in [5, 5.41) is 6.65. The van der Waals surface area contributed by atoms with E-state index in [1.165, 1.54) is 10.8 Å². The lowest BCUT2D eigenvalue weighted by Crippen LogP contribution is -2.01. The Hall–Kier alpha value is -2.13. The van der Waals surface area contributed by atoms with Crippen LogP contribution in [-0.4, -0.2) is 9.78 Å². The molecule has 3 nitrogen and oxygen atoms in total. The van der Waals surface area contributed by atoms with E-state index in [9.17, 15) is 0 Å². The number of aromatic nitrogens is 2. The normalized spacial score (nSPS) is 10.9. The first-order chi connectivity index (χ1) is 8.40. The minimum atomic E-state index is 0.555. The molecule has 0 saturated heterocycles. The summed E-state index contributed by atoms with van der Waals surface area (Å²) in [7, 11) is 0. The van der Waals surface area contributed by atoms with E-state index in [0.717, 1.165) is 11.3 Å². The highest BCUT2D eigenvalue weighted by molar-refractivity contribution is 5.92. The second-order valence-electron chi connectivity index (χ2n) is 3.94. The predicted molar refractivity (Wildman–Crippen MR) is 69.0 cm³/mol. The maximum atomic E-state index is 5.76. The van der Waals surface area contributed by atoms with Gasteiger partial charge in [0.05, 0.1) is 5.69 Å². The van der Waals surface area contributed by atoms with Crippen LogP contribution in [0, 0.1) is 0 Å². The Kier molecular flexibility index (Phi) is 2.38. The van der Waals surface area contributed by atoms with E-state index in [0.29, 0.717) is 6.54 Å². The van der Waals surface area contributed by atoms with Crippen molar-refractivity contribution in [2.24, 2.45) is 5.73 Å². The number of nitrogens with two attached hydrogens (primary N) is 1. The Morgan fingerprint density at radius 3 is 2.53 bits per heavy atom. The zero-order chi connectivity index (χ0) is 11.7. The van der Waals surface area contributed by atoms with Crippen molar-refractivity contribution in [2.45, 2.75) is 6.54 Å². The fourth-order valence-electron chi connectivity index (χ4n) is 2.13. The highest BCUT2D eigenvalue weighted by Gasteiger charge is 2.05. The van der Waals surface area contributed by atoms with Crippen molar-refractivity contribution in [2.75, 3.05) is 0 Å². The summed E-state index contributed by atoms with van der Waals surface area (Å²) in [4.78, 5) is 0. The summed E-state index contributed by atoms with van der Waals surface area (Å²) in [5.74, 6) is 0. The Balaban J connectivity index is 2.34. The molecule has 84 valence electrons. The fourth-order valence-corrected chi connectivity index (χ4v) is 2.13.